The quantitative estimate of drug-likeness (QED) is 0.377. The number of nitrogens with zero attached hydrogens (tertiary/aromatic N) is 1. The van der Waals surface area contributed by atoms with Crippen molar-refractivity contribution in [1.29, 1.82) is 0 Å². The summed E-state index contributed by atoms with van der Waals surface area (Å²) in [6, 6.07) is 13.4. The lowest BCUT2D eigenvalue weighted by Gasteiger charge is -2.14. The van der Waals surface area contributed by atoms with Crippen molar-refractivity contribution in [1.82, 2.24) is 0 Å². The summed E-state index contributed by atoms with van der Waals surface area (Å²) in [4.78, 5) is 14.5. The second-order valence-corrected chi connectivity index (χ2v) is 7.44. The third kappa shape index (κ3) is 4.31. The maximum atomic E-state index is 13.5. The van der Waals surface area contributed by atoms with Gasteiger partial charge >= 0.3 is 0 Å². The van der Waals surface area contributed by atoms with E-state index < -0.39 is 5.82 Å². The number of rotatable bonds is 6. The van der Waals surface area contributed by atoms with Crippen LogP contribution in [0.15, 0.2) is 53.4 Å². The molecule has 0 atom stereocenters. The summed E-state index contributed by atoms with van der Waals surface area (Å²) >= 11 is 6.51. The van der Waals surface area contributed by atoms with Gasteiger partial charge in [-0.05, 0) is 48.4 Å². The van der Waals surface area contributed by atoms with Crippen LogP contribution in [0.2, 0.25) is 0 Å². The maximum absolute atomic E-state index is 13.5. The second-order valence-electron chi connectivity index (χ2n) is 5.77. The molecule has 1 fully saturated rings. The Balaban J connectivity index is 1.75. The molecule has 1 aliphatic rings. The standard InChI is InChI=1S/C20H18FNO2S2/c1-2-3-11-24-17-9-7-14(8-10-17)12-18-19(23)22(20(25)26-18)16-6-4-5-15(21)13-16/h4-10,12-13H,2-3,11H2,1H3/b18-12+. The van der Waals surface area contributed by atoms with E-state index in [2.05, 4.69) is 6.92 Å². The number of ether oxygens (including phenoxy) is 1. The molecule has 1 heterocycles. The number of carbonyl (C=O) groups is 1. The molecule has 2 aromatic carbocycles. The molecule has 6 heteroatoms. The van der Waals surface area contributed by atoms with Crippen molar-refractivity contribution in [2.75, 3.05) is 11.5 Å². The van der Waals surface area contributed by atoms with Gasteiger partial charge in [-0.15, -0.1) is 0 Å². The first-order chi connectivity index (χ1) is 12.6. The molecular weight excluding hydrogens is 369 g/mol. The van der Waals surface area contributed by atoms with Gasteiger partial charge in [0.1, 0.15) is 11.6 Å². The normalized spacial score (nSPS) is 15.8. The number of amides is 1. The molecule has 0 N–H and O–H groups in total. The first-order valence-corrected chi connectivity index (χ1v) is 9.57. The van der Waals surface area contributed by atoms with Crippen molar-refractivity contribution in [3.8, 4) is 5.75 Å². The number of hydrogen-bond donors (Lipinski definition) is 0. The van der Waals surface area contributed by atoms with Crippen LogP contribution in [-0.2, 0) is 4.79 Å². The minimum absolute atomic E-state index is 0.242. The Morgan fingerprint density at radius 2 is 2.00 bits per heavy atom. The molecule has 1 aliphatic heterocycles. The van der Waals surface area contributed by atoms with Crippen molar-refractivity contribution < 1.29 is 13.9 Å². The van der Waals surface area contributed by atoms with E-state index in [-0.39, 0.29) is 5.91 Å². The van der Waals surface area contributed by atoms with Crippen molar-refractivity contribution in [2.24, 2.45) is 0 Å². The van der Waals surface area contributed by atoms with Gasteiger partial charge in [-0.25, -0.2) is 4.39 Å². The van der Waals surface area contributed by atoms with Crippen LogP contribution in [0.5, 0.6) is 5.75 Å². The van der Waals surface area contributed by atoms with Gasteiger partial charge in [0.05, 0.1) is 17.2 Å². The van der Waals surface area contributed by atoms with Gasteiger partial charge in [0.2, 0.25) is 0 Å². The van der Waals surface area contributed by atoms with Crippen LogP contribution >= 0.6 is 24.0 Å². The number of hydrogen-bond acceptors (Lipinski definition) is 4. The number of carbonyl (C=O) groups excluding carboxylic acids is 1. The topological polar surface area (TPSA) is 29.5 Å². The fraction of sp³-hybridized carbons (Fsp3) is 0.200. The second kappa shape index (κ2) is 8.47. The van der Waals surface area contributed by atoms with E-state index in [1.807, 2.05) is 24.3 Å². The zero-order valence-electron chi connectivity index (χ0n) is 14.3. The first kappa shape index (κ1) is 18.6. The highest BCUT2D eigenvalue weighted by Gasteiger charge is 2.33. The summed E-state index contributed by atoms with van der Waals surface area (Å²) in [6.45, 7) is 2.81. The summed E-state index contributed by atoms with van der Waals surface area (Å²) in [5.41, 5.74) is 1.32. The van der Waals surface area contributed by atoms with Crippen molar-refractivity contribution in [3.05, 3.63) is 64.8 Å². The molecule has 0 aromatic heterocycles. The highest BCUT2D eigenvalue weighted by Crippen LogP contribution is 2.36. The highest BCUT2D eigenvalue weighted by molar-refractivity contribution is 8.27. The Hall–Kier alpha value is -2.18. The minimum atomic E-state index is -0.404. The number of thioether (sulfide) groups is 1. The molecule has 134 valence electrons. The van der Waals surface area contributed by atoms with Crippen molar-refractivity contribution in [2.45, 2.75) is 19.8 Å². The molecule has 0 aliphatic carbocycles. The monoisotopic (exact) mass is 387 g/mol. The molecule has 0 saturated carbocycles. The summed E-state index contributed by atoms with van der Waals surface area (Å²) in [6.07, 6.45) is 3.89. The summed E-state index contributed by atoms with van der Waals surface area (Å²) in [5, 5.41) is 0. The van der Waals surface area contributed by atoms with Gasteiger partial charge in [-0.2, -0.15) is 0 Å². The number of halogens is 1. The molecule has 3 nitrogen and oxygen atoms in total. The van der Waals surface area contributed by atoms with Crippen LogP contribution in [0.1, 0.15) is 25.3 Å². The van der Waals surface area contributed by atoms with E-state index in [4.69, 9.17) is 17.0 Å². The molecule has 1 saturated heterocycles. The van der Waals surface area contributed by atoms with E-state index >= 15 is 0 Å². The predicted molar refractivity (Wildman–Crippen MR) is 109 cm³/mol. The largest absolute Gasteiger partial charge is 0.494 e. The van der Waals surface area contributed by atoms with Gasteiger partial charge < -0.3 is 4.74 Å². The van der Waals surface area contributed by atoms with E-state index in [9.17, 15) is 9.18 Å². The summed E-state index contributed by atoms with van der Waals surface area (Å²) < 4.78 is 19.5. The molecule has 0 radical (unpaired) electrons. The van der Waals surface area contributed by atoms with Gasteiger partial charge in [0.15, 0.2) is 4.32 Å². The Morgan fingerprint density at radius 1 is 1.23 bits per heavy atom. The summed E-state index contributed by atoms with van der Waals surface area (Å²) in [7, 11) is 0. The van der Waals surface area contributed by atoms with Gasteiger partial charge in [0.25, 0.3) is 5.91 Å². The Labute approximate surface area is 161 Å². The molecular formula is C20H18FNO2S2. The molecule has 2 aromatic rings. The maximum Gasteiger partial charge on any atom is 0.270 e. The highest BCUT2D eigenvalue weighted by atomic mass is 32.2. The molecule has 26 heavy (non-hydrogen) atoms. The zero-order valence-corrected chi connectivity index (χ0v) is 15.9. The minimum Gasteiger partial charge on any atom is -0.494 e. The van der Waals surface area contributed by atoms with Crippen LogP contribution in [0.3, 0.4) is 0 Å². The van der Waals surface area contributed by atoms with Crippen LogP contribution in [0, 0.1) is 5.82 Å². The van der Waals surface area contributed by atoms with Crippen molar-refractivity contribution >= 4 is 46.0 Å². The van der Waals surface area contributed by atoms with Crippen LogP contribution in [-0.4, -0.2) is 16.8 Å². The number of unbranched alkanes of at least 4 members (excludes halogenated alkanes) is 1. The predicted octanol–water partition coefficient (Wildman–Crippen LogP) is 5.41. The summed E-state index contributed by atoms with van der Waals surface area (Å²) in [5.74, 6) is 0.163. The van der Waals surface area contributed by atoms with E-state index in [1.54, 1.807) is 18.2 Å². The van der Waals surface area contributed by atoms with Crippen LogP contribution < -0.4 is 9.64 Å². The lowest BCUT2D eigenvalue weighted by Crippen LogP contribution is -2.27. The number of anilines is 1. The Morgan fingerprint density at radius 3 is 2.69 bits per heavy atom. The van der Waals surface area contributed by atoms with Gasteiger partial charge in [-0.3, -0.25) is 9.69 Å². The third-order valence-electron chi connectivity index (χ3n) is 3.80. The Kier molecular flexibility index (Phi) is 6.06. The number of benzene rings is 2. The van der Waals surface area contributed by atoms with Crippen LogP contribution in [0.4, 0.5) is 10.1 Å². The van der Waals surface area contributed by atoms with Crippen LogP contribution in [0.25, 0.3) is 6.08 Å². The van der Waals surface area contributed by atoms with E-state index in [0.717, 1.165) is 24.2 Å². The fourth-order valence-corrected chi connectivity index (χ4v) is 3.75. The zero-order chi connectivity index (χ0) is 18.5. The van der Waals surface area contributed by atoms with E-state index in [0.29, 0.717) is 21.5 Å². The first-order valence-electron chi connectivity index (χ1n) is 8.35. The molecule has 1 amide bonds. The molecule has 0 spiro atoms. The molecule has 0 bridgehead atoms. The van der Waals surface area contributed by atoms with Gasteiger partial charge in [-0.1, -0.05) is 55.5 Å². The van der Waals surface area contributed by atoms with E-state index in [1.165, 1.54) is 28.8 Å². The lowest BCUT2D eigenvalue weighted by atomic mass is 10.2. The smallest absolute Gasteiger partial charge is 0.270 e. The molecule has 3 rings (SSSR count). The van der Waals surface area contributed by atoms with Crippen molar-refractivity contribution in [3.63, 3.8) is 0 Å². The average molecular weight is 388 g/mol. The average Bonchev–Trinajstić information content (AvgIpc) is 2.90. The lowest BCUT2D eigenvalue weighted by molar-refractivity contribution is -0.113. The number of thiocarbonyl (C=S) groups is 1. The third-order valence-corrected chi connectivity index (χ3v) is 5.11. The van der Waals surface area contributed by atoms with Gasteiger partial charge in [0, 0.05) is 0 Å². The fourth-order valence-electron chi connectivity index (χ4n) is 2.45. The molecule has 0 unspecified atom stereocenters. The Bertz CT molecular complexity index is 849. The SMILES string of the molecule is CCCCOc1ccc(/C=C2/SC(=S)N(c3cccc(F)c3)C2=O)cc1.